The Kier molecular flexibility index (Phi) is 2.58. The van der Waals surface area contributed by atoms with Gasteiger partial charge in [0.1, 0.15) is 0 Å². The van der Waals surface area contributed by atoms with Crippen LogP contribution in [0, 0.1) is 6.07 Å². The Labute approximate surface area is 90.7 Å². The predicted molar refractivity (Wildman–Crippen MR) is 58.6 cm³/mol. The standard InChI is InChI=1S/C10H5Cl2S/c11-7-3-4-8(9(12)6-7)10-2-1-5-13-10/h2-6H. The average Bonchev–Trinajstić information content (AvgIpc) is 2.56. The highest BCUT2D eigenvalue weighted by Gasteiger charge is 2.04. The van der Waals surface area contributed by atoms with E-state index in [1.165, 1.54) is 0 Å². The summed E-state index contributed by atoms with van der Waals surface area (Å²) in [6.07, 6.45) is 0. The molecule has 2 aromatic rings. The SMILES string of the molecule is Clc1ccc(-c2c[c]cs2)c(Cl)c1. The van der Waals surface area contributed by atoms with E-state index in [-0.39, 0.29) is 0 Å². The maximum absolute atomic E-state index is 6.03. The second kappa shape index (κ2) is 3.70. The van der Waals surface area contributed by atoms with E-state index in [4.69, 9.17) is 23.2 Å². The van der Waals surface area contributed by atoms with E-state index in [0.717, 1.165) is 10.4 Å². The first-order valence-electron chi connectivity index (χ1n) is 3.67. The first-order chi connectivity index (χ1) is 6.27. The minimum absolute atomic E-state index is 0.661. The third-order valence-electron chi connectivity index (χ3n) is 1.66. The van der Waals surface area contributed by atoms with Crippen LogP contribution in [0.1, 0.15) is 0 Å². The fraction of sp³-hybridized carbons (Fsp3) is 0. The topological polar surface area (TPSA) is 0 Å². The Morgan fingerprint density at radius 1 is 1.23 bits per heavy atom. The lowest BCUT2D eigenvalue weighted by molar-refractivity contribution is 1.69. The van der Waals surface area contributed by atoms with Gasteiger partial charge in [0.25, 0.3) is 0 Å². The second-order valence-corrected chi connectivity index (χ2v) is 4.29. The van der Waals surface area contributed by atoms with Gasteiger partial charge in [-0.15, -0.1) is 11.3 Å². The van der Waals surface area contributed by atoms with Crippen molar-refractivity contribution in [3.8, 4) is 10.4 Å². The molecule has 0 spiro atoms. The van der Waals surface area contributed by atoms with Crippen LogP contribution in [0.4, 0.5) is 0 Å². The van der Waals surface area contributed by atoms with Crippen molar-refractivity contribution in [3.63, 3.8) is 0 Å². The second-order valence-electron chi connectivity index (χ2n) is 2.54. The normalized spacial score (nSPS) is 10.3. The summed E-state index contributed by atoms with van der Waals surface area (Å²) in [4.78, 5) is 1.11. The van der Waals surface area contributed by atoms with E-state index in [1.54, 1.807) is 17.4 Å². The predicted octanol–water partition coefficient (Wildman–Crippen LogP) is 4.52. The molecule has 0 aliphatic rings. The lowest BCUT2D eigenvalue weighted by Gasteiger charge is -2.00. The Balaban J connectivity index is 2.53. The highest BCUT2D eigenvalue weighted by Crippen LogP contribution is 2.32. The molecule has 0 saturated heterocycles. The molecule has 3 heteroatoms. The van der Waals surface area contributed by atoms with E-state index >= 15 is 0 Å². The van der Waals surface area contributed by atoms with Crippen LogP contribution >= 0.6 is 34.5 Å². The summed E-state index contributed by atoms with van der Waals surface area (Å²) >= 11 is 13.4. The molecule has 0 nitrogen and oxygen atoms in total. The molecule has 65 valence electrons. The molecule has 0 fully saturated rings. The third-order valence-corrected chi connectivity index (χ3v) is 3.06. The molecule has 1 aromatic heterocycles. The van der Waals surface area contributed by atoms with Gasteiger partial charge in [-0.25, -0.2) is 0 Å². The van der Waals surface area contributed by atoms with Crippen LogP contribution in [-0.4, -0.2) is 0 Å². The first-order valence-corrected chi connectivity index (χ1v) is 5.31. The zero-order chi connectivity index (χ0) is 9.26. The molecular formula is C10H5Cl2S. The van der Waals surface area contributed by atoms with Gasteiger partial charge in [0.2, 0.25) is 0 Å². The molecule has 1 heterocycles. The van der Waals surface area contributed by atoms with Crippen molar-refractivity contribution in [1.29, 1.82) is 0 Å². The lowest BCUT2D eigenvalue weighted by atomic mass is 10.2. The molecule has 0 aliphatic carbocycles. The van der Waals surface area contributed by atoms with Crippen molar-refractivity contribution >= 4 is 34.5 Å². The zero-order valence-electron chi connectivity index (χ0n) is 6.55. The van der Waals surface area contributed by atoms with Gasteiger partial charge in [-0.1, -0.05) is 29.3 Å². The maximum Gasteiger partial charge on any atom is 0.0507 e. The highest BCUT2D eigenvalue weighted by molar-refractivity contribution is 7.13. The van der Waals surface area contributed by atoms with Crippen LogP contribution in [0.5, 0.6) is 0 Å². The molecule has 0 atom stereocenters. The fourth-order valence-corrected chi connectivity index (χ4v) is 2.34. The number of halogens is 2. The van der Waals surface area contributed by atoms with Crippen molar-refractivity contribution in [1.82, 2.24) is 0 Å². The van der Waals surface area contributed by atoms with Crippen LogP contribution < -0.4 is 0 Å². The summed E-state index contributed by atoms with van der Waals surface area (Å²) < 4.78 is 0. The monoisotopic (exact) mass is 227 g/mol. The Morgan fingerprint density at radius 2 is 2.08 bits per heavy atom. The van der Waals surface area contributed by atoms with Gasteiger partial charge < -0.3 is 0 Å². The highest BCUT2D eigenvalue weighted by atomic mass is 35.5. The number of benzene rings is 1. The van der Waals surface area contributed by atoms with E-state index in [9.17, 15) is 0 Å². The summed E-state index contributed by atoms with van der Waals surface area (Å²) in [6.45, 7) is 0. The summed E-state index contributed by atoms with van der Waals surface area (Å²) in [6, 6.07) is 10.4. The average molecular weight is 228 g/mol. The maximum atomic E-state index is 6.03. The Bertz CT molecular complexity index is 407. The molecule has 0 aliphatic heterocycles. The van der Waals surface area contributed by atoms with Crippen LogP contribution in [0.15, 0.2) is 29.6 Å². The molecule has 0 saturated carbocycles. The summed E-state index contributed by atoms with van der Waals surface area (Å²) in [5, 5.41) is 3.25. The lowest BCUT2D eigenvalue weighted by Crippen LogP contribution is -1.74. The van der Waals surface area contributed by atoms with E-state index < -0.39 is 0 Å². The molecule has 13 heavy (non-hydrogen) atoms. The van der Waals surface area contributed by atoms with E-state index in [2.05, 4.69) is 6.07 Å². The van der Waals surface area contributed by atoms with Gasteiger partial charge in [-0.2, -0.15) is 0 Å². The van der Waals surface area contributed by atoms with Crippen molar-refractivity contribution in [2.24, 2.45) is 0 Å². The van der Waals surface area contributed by atoms with Crippen LogP contribution in [-0.2, 0) is 0 Å². The summed E-state index contributed by atoms with van der Waals surface area (Å²) in [5.74, 6) is 0. The van der Waals surface area contributed by atoms with Gasteiger partial charge in [-0.05, 0) is 29.6 Å². The Morgan fingerprint density at radius 3 is 2.69 bits per heavy atom. The number of rotatable bonds is 1. The van der Waals surface area contributed by atoms with Gasteiger partial charge in [0.05, 0.1) is 5.02 Å². The zero-order valence-corrected chi connectivity index (χ0v) is 8.88. The summed E-state index contributed by atoms with van der Waals surface area (Å²) in [7, 11) is 0. The molecule has 0 amide bonds. The van der Waals surface area contributed by atoms with Gasteiger partial charge in [-0.3, -0.25) is 0 Å². The van der Waals surface area contributed by atoms with E-state index in [0.29, 0.717) is 10.0 Å². The van der Waals surface area contributed by atoms with Crippen LogP contribution in [0.25, 0.3) is 10.4 Å². The minimum atomic E-state index is 0.661. The molecule has 0 unspecified atom stereocenters. The van der Waals surface area contributed by atoms with Crippen LogP contribution in [0.3, 0.4) is 0 Å². The molecule has 0 N–H and O–H groups in total. The third kappa shape index (κ3) is 1.88. The molecular weight excluding hydrogens is 223 g/mol. The minimum Gasteiger partial charge on any atom is -0.143 e. The van der Waals surface area contributed by atoms with Gasteiger partial charge >= 0.3 is 0 Å². The first kappa shape index (κ1) is 9.07. The Hall–Kier alpha value is -0.500. The van der Waals surface area contributed by atoms with Crippen molar-refractivity contribution < 1.29 is 0 Å². The van der Waals surface area contributed by atoms with Crippen LogP contribution in [0.2, 0.25) is 10.0 Å². The molecule has 2 rings (SSSR count). The number of hydrogen-bond donors (Lipinski definition) is 0. The van der Waals surface area contributed by atoms with Crippen molar-refractivity contribution in [2.45, 2.75) is 0 Å². The molecule has 1 aromatic carbocycles. The molecule has 0 bridgehead atoms. The molecule has 1 radical (unpaired) electrons. The summed E-state index contributed by atoms with van der Waals surface area (Å²) in [5.41, 5.74) is 1.01. The van der Waals surface area contributed by atoms with Crippen molar-refractivity contribution in [3.05, 3.63) is 45.8 Å². The van der Waals surface area contributed by atoms with Crippen molar-refractivity contribution in [2.75, 3.05) is 0 Å². The number of hydrogen-bond acceptors (Lipinski definition) is 1. The largest absolute Gasteiger partial charge is 0.143 e. The van der Waals surface area contributed by atoms with Gasteiger partial charge in [0, 0.05) is 15.5 Å². The van der Waals surface area contributed by atoms with E-state index in [1.807, 2.05) is 23.6 Å². The fourth-order valence-electron chi connectivity index (χ4n) is 1.07. The quantitative estimate of drug-likeness (QED) is 0.673. The van der Waals surface area contributed by atoms with Gasteiger partial charge in [0.15, 0.2) is 0 Å². The number of thiophene rings is 1. The smallest absolute Gasteiger partial charge is 0.0507 e.